The zero-order valence-corrected chi connectivity index (χ0v) is 12.8. The predicted octanol–water partition coefficient (Wildman–Crippen LogP) is 4.76. The van der Waals surface area contributed by atoms with Gasteiger partial charge < -0.3 is 5.32 Å². The maximum absolute atomic E-state index is 3.97. The Bertz CT molecular complexity index is 230. The second-order valence-corrected chi connectivity index (χ2v) is 7.17. The third-order valence-electron chi connectivity index (χ3n) is 5.70. The van der Waals surface area contributed by atoms with E-state index in [4.69, 9.17) is 0 Å². The molecule has 0 radical (unpaired) electrons. The van der Waals surface area contributed by atoms with Crippen molar-refractivity contribution in [2.45, 2.75) is 90.6 Å². The predicted molar refractivity (Wildman–Crippen MR) is 79.8 cm³/mol. The van der Waals surface area contributed by atoms with Crippen LogP contribution in [0, 0.1) is 17.8 Å². The molecule has 0 saturated heterocycles. The first-order chi connectivity index (χ1) is 8.66. The van der Waals surface area contributed by atoms with Crippen LogP contribution in [0.25, 0.3) is 0 Å². The minimum Gasteiger partial charge on any atom is -0.311 e. The maximum atomic E-state index is 3.97. The number of hydrogen-bond acceptors (Lipinski definition) is 1. The standard InChI is InChI=1S/C17H33N/c1-13-10-11-17(12-14(13)2)18-15(3)16-8-6-4-5-7-9-16/h13-18H,4-12H2,1-3H3/t13?,14?,15-,17?/m1/s1. The Balaban J connectivity index is 1.77. The highest BCUT2D eigenvalue weighted by molar-refractivity contribution is 4.84. The topological polar surface area (TPSA) is 12.0 Å². The van der Waals surface area contributed by atoms with Crippen molar-refractivity contribution in [3.63, 3.8) is 0 Å². The second-order valence-electron chi connectivity index (χ2n) is 7.17. The van der Waals surface area contributed by atoms with Crippen molar-refractivity contribution in [1.29, 1.82) is 0 Å². The molecular weight excluding hydrogens is 218 g/mol. The van der Waals surface area contributed by atoms with Crippen molar-refractivity contribution < 1.29 is 0 Å². The minimum atomic E-state index is 0.744. The minimum absolute atomic E-state index is 0.744. The lowest BCUT2D eigenvalue weighted by Gasteiger charge is -2.36. The summed E-state index contributed by atoms with van der Waals surface area (Å²) in [7, 11) is 0. The highest BCUT2D eigenvalue weighted by atomic mass is 15.0. The molecule has 2 rings (SSSR count). The molecule has 2 fully saturated rings. The van der Waals surface area contributed by atoms with Gasteiger partial charge in [0.05, 0.1) is 0 Å². The van der Waals surface area contributed by atoms with Gasteiger partial charge in [-0.15, -0.1) is 0 Å². The molecule has 0 aromatic rings. The van der Waals surface area contributed by atoms with Gasteiger partial charge in [-0.2, -0.15) is 0 Å². The van der Waals surface area contributed by atoms with Crippen LogP contribution in [0.15, 0.2) is 0 Å². The van der Waals surface area contributed by atoms with E-state index >= 15 is 0 Å². The molecule has 0 aromatic heterocycles. The molecule has 18 heavy (non-hydrogen) atoms. The Morgan fingerprint density at radius 2 is 1.50 bits per heavy atom. The lowest BCUT2D eigenvalue weighted by molar-refractivity contribution is 0.199. The fourth-order valence-electron chi connectivity index (χ4n) is 4.02. The van der Waals surface area contributed by atoms with Crippen molar-refractivity contribution in [3.8, 4) is 0 Å². The molecule has 2 saturated carbocycles. The van der Waals surface area contributed by atoms with E-state index in [-0.39, 0.29) is 0 Å². The molecule has 0 bridgehead atoms. The van der Waals surface area contributed by atoms with Crippen LogP contribution in [0.5, 0.6) is 0 Å². The molecule has 0 aliphatic heterocycles. The third-order valence-corrected chi connectivity index (χ3v) is 5.70. The van der Waals surface area contributed by atoms with Gasteiger partial charge in [-0.3, -0.25) is 0 Å². The van der Waals surface area contributed by atoms with E-state index < -0.39 is 0 Å². The molecule has 2 aliphatic rings. The van der Waals surface area contributed by atoms with Crippen LogP contribution in [0.2, 0.25) is 0 Å². The molecule has 0 spiro atoms. The largest absolute Gasteiger partial charge is 0.311 e. The molecule has 1 nitrogen and oxygen atoms in total. The van der Waals surface area contributed by atoms with Gasteiger partial charge in [-0.25, -0.2) is 0 Å². The van der Waals surface area contributed by atoms with Crippen LogP contribution < -0.4 is 5.32 Å². The summed E-state index contributed by atoms with van der Waals surface area (Å²) in [6.07, 6.45) is 13.0. The van der Waals surface area contributed by atoms with Gasteiger partial charge in [0.2, 0.25) is 0 Å². The van der Waals surface area contributed by atoms with E-state index in [9.17, 15) is 0 Å². The molecule has 106 valence electrons. The average molecular weight is 251 g/mol. The molecule has 1 heteroatoms. The molecule has 0 aromatic carbocycles. The van der Waals surface area contributed by atoms with Crippen LogP contribution in [0.3, 0.4) is 0 Å². The first-order valence-electron chi connectivity index (χ1n) is 8.43. The zero-order valence-electron chi connectivity index (χ0n) is 12.8. The van der Waals surface area contributed by atoms with Gasteiger partial charge in [0.15, 0.2) is 0 Å². The second kappa shape index (κ2) is 6.93. The Morgan fingerprint density at radius 3 is 2.11 bits per heavy atom. The summed E-state index contributed by atoms with van der Waals surface area (Å²) >= 11 is 0. The van der Waals surface area contributed by atoms with E-state index in [1.165, 1.54) is 57.8 Å². The molecule has 2 aliphatic carbocycles. The molecule has 0 amide bonds. The quantitative estimate of drug-likeness (QED) is 0.713. The lowest BCUT2D eigenvalue weighted by Crippen LogP contribution is -2.44. The van der Waals surface area contributed by atoms with E-state index in [1.807, 2.05) is 0 Å². The highest BCUT2D eigenvalue weighted by Gasteiger charge is 2.27. The van der Waals surface area contributed by atoms with Crippen molar-refractivity contribution in [2.24, 2.45) is 17.8 Å². The summed E-state index contributed by atoms with van der Waals surface area (Å²) in [5.74, 6) is 2.80. The van der Waals surface area contributed by atoms with Gasteiger partial charge in [-0.1, -0.05) is 39.5 Å². The molecule has 1 N–H and O–H groups in total. The van der Waals surface area contributed by atoms with E-state index in [2.05, 4.69) is 26.1 Å². The van der Waals surface area contributed by atoms with Crippen LogP contribution in [-0.4, -0.2) is 12.1 Å². The number of nitrogens with one attached hydrogen (secondary N) is 1. The average Bonchev–Trinajstić information content (AvgIpc) is 2.62. The first-order valence-corrected chi connectivity index (χ1v) is 8.43. The van der Waals surface area contributed by atoms with E-state index in [0.717, 1.165) is 29.8 Å². The normalized spacial score (nSPS) is 37.2. The number of rotatable bonds is 3. The SMILES string of the molecule is CC1CCC(N[C@H](C)C2CCCCCC2)CC1C. The molecule has 3 unspecified atom stereocenters. The first kappa shape index (κ1) is 14.4. The summed E-state index contributed by atoms with van der Waals surface area (Å²) in [5.41, 5.74) is 0. The summed E-state index contributed by atoms with van der Waals surface area (Å²) in [6, 6.07) is 1.54. The maximum Gasteiger partial charge on any atom is 0.00723 e. The Kier molecular flexibility index (Phi) is 5.54. The molecule has 4 atom stereocenters. The zero-order chi connectivity index (χ0) is 13.0. The van der Waals surface area contributed by atoms with Crippen molar-refractivity contribution >= 4 is 0 Å². The van der Waals surface area contributed by atoms with E-state index in [1.54, 1.807) is 0 Å². The van der Waals surface area contributed by atoms with Crippen LogP contribution in [0.1, 0.15) is 78.6 Å². The van der Waals surface area contributed by atoms with Crippen molar-refractivity contribution in [2.75, 3.05) is 0 Å². The summed E-state index contributed by atoms with van der Waals surface area (Å²) in [4.78, 5) is 0. The molecular formula is C17H33N. The monoisotopic (exact) mass is 251 g/mol. The summed E-state index contributed by atoms with van der Waals surface area (Å²) < 4.78 is 0. The van der Waals surface area contributed by atoms with Crippen molar-refractivity contribution in [3.05, 3.63) is 0 Å². The van der Waals surface area contributed by atoms with Gasteiger partial charge in [0.1, 0.15) is 0 Å². The van der Waals surface area contributed by atoms with Gasteiger partial charge >= 0.3 is 0 Å². The van der Waals surface area contributed by atoms with Crippen LogP contribution in [0.4, 0.5) is 0 Å². The fourth-order valence-corrected chi connectivity index (χ4v) is 4.02. The third kappa shape index (κ3) is 3.98. The van der Waals surface area contributed by atoms with Gasteiger partial charge in [0.25, 0.3) is 0 Å². The van der Waals surface area contributed by atoms with Gasteiger partial charge in [-0.05, 0) is 56.8 Å². The Morgan fingerprint density at radius 1 is 0.833 bits per heavy atom. The number of hydrogen-bond donors (Lipinski definition) is 1. The van der Waals surface area contributed by atoms with E-state index in [0.29, 0.717) is 0 Å². The Labute approximate surface area is 114 Å². The van der Waals surface area contributed by atoms with Crippen molar-refractivity contribution in [1.82, 2.24) is 5.32 Å². The fraction of sp³-hybridized carbons (Fsp3) is 1.00. The van der Waals surface area contributed by atoms with Crippen LogP contribution >= 0.6 is 0 Å². The summed E-state index contributed by atoms with van der Waals surface area (Å²) in [5, 5.41) is 3.97. The Hall–Kier alpha value is -0.0400. The smallest absolute Gasteiger partial charge is 0.00723 e. The molecule has 0 heterocycles. The highest BCUT2D eigenvalue weighted by Crippen LogP contribution is 2.31. The van der Waals surface area contributed by atoms with Gasteiger partial charge in [0, 0.05) is 12.1 Å². The van der Waals surface area contributed by atoms with Crippen LogP contribution in [-0.2, 0) is 0 Å². The lowest BCUT2D eigenvalue weighted by atomic mass is 9.78. The summed E-state index contributed by atoms with van der Waals surface area (Å²) in [6.45, 7) is 7.31.